The molecule has 1 amide bonds. The highest BCUT2D eigenvalue weighted by atomic mass is 16.5. The fourth-order valence-electron chi connectivity index (χ4n) is 3.41. The molecule has 0 N–H and O–H groups in total. The number of anilines is 1. The van der Waals surface area contributed by atoms with Gasteiger partial charge >= 0.3 is 5.97 Å². The molecule has 0 spiro atoms. The zero-order valence-electron chi connectivity index (χ0n) is 17.6. The summed E-state index contributed by atoms with van der Waals surface area (Å²) in [5.41, 5.74) is 5.39. The predicted octanol–water partition coefficient (Wildman–Crippen LogP) is 4.92. The number of rotatable bonds is 4. The number of methoxy groups -OCH3 is 1. The van der Waals surface area contributed by atoms with Crippen molar-refractivity contribution in [2.24, 2.45) is 4.99 Å². The summed E-state index contributed by atoms with van der Waals surface area (Å²) in [6.45, 7) is 4.01. The molecule has 31 heavy (non-hydrogen) atoms. The van der Waals surface area contributed by atoms with Gasteiger partial charge in [-0.2, -0.15) is 0 Å². The number of amidine groups is 1. The molecule has 0 fully saturated rings. The average molecular weight is 410 g/mol. The van der Waals surface area contributed by atoms with Gasteiger partial charge in [0.15, 0.2) is 0 Å². The third-order valence-electron chi connectivity index (χ3n) is 5.07. The molecule has 1 aliphatic rings. The van der Waals surface area contributed by atoms with Crippen LogP contribution in [0.3, 0.4) is 0 Å². The predicted molar refractivity (Wildman–Crippen MR) is 122 cm³/mol. The maximum Gasteiger partial charge on any atom is 0.337 e. The van der Waals surface area contributed by atoms with E-state index in [9.17, 15) is 9.59 Å². The van der Waals surface area contributed by atoms with Crippen molar-refractivity contribution in [1.82, 2.24) is 0 Å². The Morgan fingerprint density at radius 3 is 2.29 bits per heavy atom. The number of aliphatic imine (C=N–C) groups is 1. The number of aryl methyl sites for hydroxylation is 2. The molecule has 154 valence electrons. The average Bonchev–Trinajstić information content (AvgIpc) is 3.10. The van der Waals surface area contributed by atoms with Crippen molar-refractivity contribution in [3.63, 3.8) is 0 Å². The first-order chi connectivity index (χ1) is 15.0. The van der Waals surface area contributed by atoms with Crippen LogP contribution in [0, 0.1) is 13.8 Å². The molecule has 0 aliphatic carbocycles. The van der Waals surface area contributed by atoms with Crippen molar-refractivity contribution in [2.75, 3.05) is 12.0 Å². The maximum absolute atomic E-state index is 13.4. The van der Waals surface area contributed by atoms with Gasteiger partial charge in [-0.1, -0.05) is 54.1 Å². The maximum atomic E-state index is 13.4. The summed E-state index contributed by atoms with van der Waals surface area (Å²) in [7, 11) is 1.34. The van der Waals surface area contributed by atoms with E-state index in [4.69, 9.17) is 4.74 Å². The summed E-state index contributed by atoms with van der Waals surface area (Å²) < 4.78 is 4.73. The van der Waals surface area contributed by atoms with Crippen LogP contribution in [0.4, 0.5) is 5.69 Å². The summed E-state index contributed by atoms with van der Waals surface area (Å²) in [4.78, 5) is 31.3. The van der Waals surface area contributed by atoms with Crippen LogP contribution >= 0.6 is 0 Å². The van der Waals surface area contributed by atoms with Gasteiger partial charge in [0.25, 0.3) is 5.91 Å². The van der Waals surface area contributed by atoms with E-state index in [-0.39, 0.29) is 5.91 Å². The molecule has 1 heterocycles. The fourth-order valence-corrected chi connectivity index (χ4v) is 3.41. The van der Waals surface area contributed by atoms with Crippen LogP contribution in [-0.2, 0) is 9.53 Å². The minimum Gasteiger partial charge on any atom is -0.465 e. The lowest BCUT2D eigenvalue weighted by molar-refractivity contribution is -0.113. The minimum atomic E-state index is -0.401. The molecule has 4 rings (SSSR count). The van der Waals surface area contributed by atoms with Crippen LogP contribution in [0.2, 0.25) is 0 Å². The SMILES string of the molecule is COC(=O)c1ccc(/C=C2/N=C(c3ccc(C)cc3)N(c3cccc(C)c3)C2=O)cc1. The molecule has 0 saturated heterocycles. The Hall–Kier alpha value is -3.99. The molecule has 5 nitrogen and oxygen atoms in total. The van der Waals surface area contributed by atoms with Crippen molar-refractivity contribution in [1.29, 1.82) is 0 Å². The van der Waals surface area contributed by atoms with Crippen molar-refractivity contribution in [3.8, 4) is 0 Å². The van der Waals surface area contributed by atoms with Gasteiger partial charge in [-0.05, 0) is 55.3 Å². The molecule has 0 unspecified atom stereocenters. The Morgan fingerprint density at radius 1 is 0.935 bits per heavy atom. The van der Waals surface area contributed by atoms with E-state index in [1.54, 1.807) is 35.2 Å². The zero-order valence-corrected chi connectivity index (χ0v) is 17.6. The van der Waals surface area contributed by atoms with Gasteiger partial charge in [-0.3, -0.25) is 9.69 Å². The van der Waals surface area contributed by atoms with E-state index >= 15 is 0 Å². The zero-order chi connectivity index (χ0) is 22.0. The van der Waals surface area contributed by atoms with Crippen LogP contribution in [-0.4, -0.2) is 24.8 Å². The van der Waals surface area contributed by atoms with Crippen LogP contribution < -0.4 is 4.90 Å². The molecule has 3 aromatic carbocycles. The van der Waals surface area contributed by atoms with Crippen LogP contribution in [0.25, 0.3) is 6.08 Å². The van der Waals surface area contributed by atoms with E-state index in [1.807, 2.05) is 62.4 Å². The van der Waals surface area contributed by atoms with Crippen LogP contribution in [0.1, 0.15) is 32.6 Å². The summed E-state index contributed by atoms with van der Waals surface area (Å²) in [5, 5.41) is 0. The van der Waals surface area contributed by atoms with Crippen molar-refractivity contribution >= 4 is 29.5 Å². The van der Waals surface area contributed by atoms with Crippen LogP contribution in [0.15, 0.2) is 83.5 Å². The highest BCUT2D eigenvalue weighted by molar-refractivity contribution is 6.33. The highest BCUT2D eigenvalue weighted by Crippen LogP contribution is 2.28. The van der Waals surface area contributed by atoms with E-state index in [0.717, 1.165) is 27.9 Å². The molecular formula is C26H22N2O3. The number of carbonyl (C=O) groups excluding carboxylic acids is 2. The first kappa shape index (κ1) is 20.3. The van der Waals surface area contributed by atoms with Crippen molar-refractivity contribution in [3.05, 3.63) is 106 Å². The van der Waals surface area contributed by atoms with Gasteiger partial charge in [0.2, 0.25) is 0 Å². The minimum absolute atomic E-state index is 0.196. The van der Waals surface area contributed by atoms with Gasteiger partial charge < -0.3 is 4.74 Å². The lowest BCUT2D eigenvalue weighted by Gasteiger charge is -2.19. The van der Waals surface area contributed by atoms with E-state index in [1.165, 1.54) is 7.11 Å². The number of carbonyl (C=O) groups is 2. The number of hydrogen-bond donors (Lipinski definition) is 0. The van der Waals surface area contributed by atoms with Crippen molar-refractivity contribution < 1.29 is 14.3 Å². The molecule has 0 aromatic heterocycles. The number of amides is 1. The summed E-state index contributed by atoms with van der Waals surface area (Å²) in [5.74, 6) is -0.00676. The normalized spacial score (nSPS) is 14.7. The van der Waals surface area contributed by atoms with Gasteiger partial charge in [0.1, 0.15) is 11.5 Å². The standard InChI is InChI=1S/C26H22N2O3/c1-17-7-11-20(12-8-17)24-27-23(16-19-9-13-21(14-10-19)26(30)31-3)25(29)28(24)22-6-4-5-18(2)15-22/h4-16H,1-3H3/b23-16+. The second-order valence-electron chi connectivity index (χ2n) is 7.42. The second kappa shape index (κ2) is 8.40. The fraction of sp³-hybridized carbons (Fsp3) is 0.115. The van der Waals surface area contributed by atoms with Crippen molar-refractivity contribution in [2.45, 2.75) is 13.8 Å². The topological polar surface area (TPSA) is 59.0 Å². The monoisotopic (exact) mass is 410 g/mol. The van der Waals surface area contributed by atoms with E-state index < -0.39 is 5.97 Å². The Balaban J connectivity index is 1.76. The Kier molecular flexibility index (Phi) is 5.50. The number of ether oxygens (including phenoxy) is 1. The molecule has 0 atom stereocenters. The smallest absolute Gasteiger partial charge is 0.337 e. The van der Waals surface area contributed by atoms with E-state index in [2.05, 4.69) is 4.99 Å². The Labute approximate surface area is 181 Å². The summed E-state index contributed by atoms with van der Waals surface area (Å²) in [6, 6.07) is 22.6. The third kappa shape index (κ3) is 4.16. The van der Waals surface area contributed by atoms with Gasteiger partial charge in [-0.15, -0.1) is 0 Å². The lowest BCUT2D eigenvalue weighted by atomic mass is 10.1. The summed E-state index contributed by atoms with van der Waals surface area (Å²) >= 11 is 0. The first-order valence-electron chi connectivity index (χ1n) is 9.93. The number of hydrogen-bond acceptors (Lipinski definition) is 4. The van der Waals surface area contributed by atoms with Gasteiger partial charge in [-0.25, -0.2) is 9.79 Å². The Morgan fingerprint density at radius 2 is 1.65 bits per heavy atom. The van der Waals surface area contributed by atoms with Gasteiger partial charge in [0.05, 0.1) is 18.4 Å². The highest BCUT2D eigenvalue weighted by Gasteiger charge is 2.32. The largest absolute Gasteiger partial charge is 0.465 e. The van der Waals surface area contributed by atoms with Gasteiger partial charge in [0, 0.05) is 5.56 Å². The molecule has 0 saturated carbocycles. The molecule has 0 radical (unpaired) electrons. The molecule has 5 heteroatoms. The quantitative estimate of drug-likeness (QED) is 0.453. The first-order valence-corrected chi connectivity index (χ1v) is 9.93. The molecule has 0 bridgehead atoms. The molecule has 1 aliphatic heterocycles. The van der Waals surface area contributed by atoms with Crippen LogP contribution in [0.5, 0.6) is 0 Å². The number of nitrogens with zero attached hydrogens (tertiary/aromatic N) is 2. The lowest BCUT2D eigenvalue weighted by Crippen LogP contribution is -2.32. The Bertz CT molecular complexity index is 1210. The summed E-state index contributed by atoms with van der Waals surface area (Å²) in [6.07, 6.45) is 1.73. The molecule has 3 aromatic rings. The van der Waals surface area contributed by atoms with E-state index in [0.29, 0.717) is 17.1 Å². The number of benzene rings is 3. The second-order valence-corrected chi connectivity index (χ2v) is 7.42. The molecular weight excluding hydrogens is 388 g/mol. The number of esters is 1. The third-order valence-corrected chi connectivity index (χ3v) is 5.07.